The Morgan fingerprint density at radius 3 is 2.72 bits per heavy atom. The number of benzene rings is 2. The van der Waals surface area contributed by atoms with Gasteiger partial charge in [0.1, 0.15) is 11.6 Å². The molecule has 0 saturated carbocycles. The van der Waals surface area contributed by atoms with Gasteiger partial charge in [-0.3, -0.25) is 10.1 Å². The first-order valence-corrected chi connectivity index (χ1v) is 9.66. The lowest BCUT2D eigenvalue weighted by atomic mass is 10.1. The van der Waals surface area contributed by atoms with Gasteiger partial charge in [-0.15, -0.1) is 11.3 Å². The van der Waals surface area contributed by atoms with Gasteiger partial charge in [-0.2, -0.15) is 5.10 Å². The van der Waals surface area contributed by atoms with E-state index in [0.29, 0.717) is 22.1 Å². The number of aryl methyl sites for hydroxylation is 1. The lowest BCUT2D eigenvalue weighted by molar-refractivity contribution is 0.102. The van der Waals surface area contributed by atoms with Crippen molar-refractivity contribution < 1.29 is 13.9 Å². The number of amides is 1. The van der Waals surface area contributed by atoms with Gasteiger partial charge in [-0.25, -0.2) is 14.1 Å². The summed E-state index contributed by atoms with van der Waals surface area (Å²) in [5.74, 6) is -0.247. The Kier molecular flexibility index (Phi) is 5.09. The van der Waals surface area contributed by atoms with E-state index in [4.69, 9.17) is 4.74 Å². The van der Waals surface area contributed by atoms with Crippen LogP contribution in [0.4, 0.5) is 9.52 Å². The van der Waals surface area contributed by atoms with Crippen molar-refractivity contribution in [3.8, 4) is 22.7 Å². The quantitative estimate of drug-likeness (QED) is 0.520. The second-order valence-corrected chi connectivity index (χ2v) is 7.11. The Morgan fingerprint density at radius 1 is 1.17 bits per heavy atom. The molecule has 2 aromatic heterocycles. The van der Waals surface area contributed by atoms with Crippen LogP contribution in [0.25, 0.3) is 16.9 Å². The first-order chi connectivity index (χ1) is 14.0. The lowest BCUT2D eigenvalue weighted by Gasteiger charge is -2.05. The fourth-order valence-electron chi connectivity index (χ4n) is 2.91. The summed E-state index contributed by atoms with van der Waals surface area (Å²) in [4.78, 5) is 17.0. The highest BCUT2D eigenvalue weighted by Gasteiger charge is 2.16. The molecule has 4 rings (SSSR count). The molecule has 6 nitrogen and oxygen atoms in total. The third-order valence-electron chi connectivity index (χ3n) is 4.28. The second-order valence-electron chi connectivity index (χ2n) is 6.25. The van der Waals surface area contributed by atoms with Crippen molar-refractivity contribution in [2.24, 2.45) is 0 Å². The maximum Gasteiger partial charge on any atom is 0.277 e. The van der Waals surface area contributed by atoms with E-state index in [1.54, 1.807) is 22.2 Å². The molecule has 0 radical (unpaired) electrons. The highest BCUT2D eigenvalue weighted by atomic mass is 32.1. The highest BCUT2D eigenvalue weighted by molar-refractivity contribution is 7.14. The minimum absolute atomic E-state index is 0.284. The molecule has 0 saturated heterocycles. The van der Waals surface area contributed by atoms with Gasteiger partial charge in [0.05, 0.1) is 18.5 Å². The summed E-state index contributed by atoms with van der Waals surface area (Å²) in [6, 6.07) is 15.5. The number of halogens is 1. The standard InChI is InChI=1S/C21H17FN4O2S/c1-13-10-17(25-26(13)15-6-4-3-5-7-15)20(27)24-21-23-18(12-29-21)16-11-14(22)8-9-19(16)28-2/h3-12H,1-2H3,(H,23,24,27). The summed E-state index contributed by atoms with van der Waals surface area (Å²) in [6.07, 6.45) is 0. The van der Waals surface area contributed by atoms with Gasteiger partial charge in [-0.1, -0.05) is 18.2 Å². The molecule has 0 spiro atoms. The number of ether oxygens (including phenoxy) is 1. The number of rotatable bonds is 5. The number of carbonyl (C=O) groups excluding carboxylic acids is 1. The van der Waals surface area contributed by atoms with Gasteiger partial charge in [-0.05, 0) is 43.3 Å². The van der Waals surface area contributed by atoms with Crippen molar-refractivity contribution in [2.45, 2.75) is 6.92 Å². The maximum atomic E-state index is 13.6. The predicted octanol–water partition coefficient (Wildman–Crippen LogP) is 4.70. The van der Waals surface area contributed by atoms with E-state index in [1.807, 2.05) is 37.3 Å². The van der Waals surface area contributed by atoms with E-state index < -0.39 is 0 Å². The fraction of sp³-hybridized carbons (Fsp3) is 0.0952. The number of para-hydroxylation sites is 1. The van der Waals surface area contributed by atoms with Crippen LogP contribution in [0.1, 0.15) is 16.2 Å². The first kappa shape index (κ1) is 18.8. The predicted molar refractivity (Wildman–Crippen MR) is 110 cm³/mol. The van der Waals surface area contributed by atoms with Crippen LogP contribution in [0.2, 0.25) is 0 Å². The van der Waals surface area contributed by atoms with Crippen LogP contribution in [0, 0.1) is 12.7 Å². The average Bonchev–Trinajstić information content (AvgIpc) is 3.35. The summed E-state index contributed by atoms with van der Waals surface area (Å²) >= 11 is 1.24. The van der Waals surface area contributed by atoms with E-state index in [-0.39, 0.29) is 17.4 Å². The molecule has 4 aromatic rings. The Bertz CT molecular complexity index is 1170. The number of aromatic nitrogens is 3. The van der Waals surface area contributed by atoms with Crippen molar-refractivity contribution in [3.05, 3.63) is 77.2 Å². The number of nitrogens with one attached hydrogen (secondary N) is 1. The molecular weight excluding hydrogens is 391 g/mol. The van der Waals surface area contributed by atoms with Crippen molar-refractivity contribution in [1.29, 1.82) is 0 Å². The number of nitrogens with zero attached hydrogens (tertiary/aromatic N) is 3. The number of anilines is 1. The fourth-order valence-corrected chi connectivity index (χ4v) is 3.62. The zero-order valence-electron chi connectivity index (χ0n) is 15.7. The normalized spacial score (nSPS) is 10.7. The van der Waals surface area contributed by atoms with Crippen LogP contribution in [0.5, 0.6) is 5.75 Å². The van der Waals surface area contributed by atoms with E-state index in [1.165, 1.54) is 30.6 Å². The van der Waals surface area contributed by atoms with E-state index in [0.717, 1.165) is 11.4 Å². The number of hydrogen-bond donors (Lipinski definition) is 1. The summed E-state index contributed by atoms with van der Waals surface area (Å²) < 4.78 is 20.6. The Morgan fingerprint density at radius 2 is 1.97 bits per heavy atom. The maximum absolute atomic E-state index is 13.6. The molecule has 146 valence electrons. The second kappa shape index (κ2) is 7.84. The number of hydrogen-bond acceptors (Lipinski definition) is 5. The average molecular weight is 408 g/mol. The zero-order valence-corrected chi connectivity index (χ0v) is 16.5. The molecule has 0 bridgehead atoms. The third kappa shape index (κ3) is 3.88. The SMILES string of the molecule is COc1ccc(F)cc1-c1csc(NC(=O)c2cc(C)n(-c3ccccc3)n2)n1. The zero-order chi connectivity index (χ0) is 20.4. The Balaban J connectivity index is 1.56. The molecule has 0 atom stereocenters. The molecule has 0 fully saturated rings. The molecule has 0 aliphatic carbocycles. The van der Waals surface area contributed by atoms with Gasteiger partial charge in [0.15, 0.2) is 10.8 Å². The molecule has 29 heavy (non-hydrogen) atoms. The number of thiazole rings is 1. The summed E-state index contributed by atoms with van der Waals surface area (Å²) in [6.45, 7) is 1.88. The van der Waals surface area contributed by atoms with Gasteiger partial charge in [0, 0.05) is 16.6 Å². The van der Waals surface area contributed by atoms with Crippen LogP contribution >= 0.6 is 11.3 Å². The molecular formula is C21H17FN4O2S. The van der Waals surface area contributed by atoms with E-state index >= 15 is 0 Å². The summed E-state index contributed by atoms with van der Waals surface area (Å²) in [5, 5.41) is 9.27. The highest BCUT2D eigenvalue weighted by Crippen LogP contribution is 2.32. The van der Waals surface area contributed by atoms with Crippen LogP contribution < -0.4 is 10.1 Å². The van der Waals surface area contributed by atoms with Gasteiger partial charge in [0.2, 0.25) is 0 Å². The molecule has 2 aromatic carbocycles. The number of carbonyl (C=O) groups is 1. The van der Waals surface area contributed by atoms with Crippen molar-refractivity contribution in [3.63, 3.8) is 0 Å². The molecule has 2 heterocycles. The van der Waals surface area contributed by atoms with Crippen LogP contribution in [-0.4, -0.2) is 27.8 Å². The van der Waals surface area contributed by atoms with Crippen molar-refractivity contribution >= 4 is 22.4 Å². The molecule has 0 unspecified atom stereocenters. The summed E-state index contributed by atoms with van der Waals surface area (Å²) in [7, 11) is 1.51. The van der Waals surface area contributed by atoms with Crippen molar-refractivity contribution in [2.75, 3.05) is 12.4 Å². The minimum atomic E-state index is -0.388. The lowest BCUT2D eigenvalue weighted by Crippen LogP contribution is -2.13. The van der Waals surface area contributed by atoms with Gasteiger partial charge >= 0.3 is 0 Å². The number of methoxy groups -OCH3 is 1. The van der Waals surface area contributed by atoms with Crippen LogP contribution in [-0.2, 0) is 0 Å². The van der Waals surface area contributed by atoms with Crippen molar-refractivity contribution in [1.82, 2.24) is 14.8 Å². The molecule has 0 aliphatic heterocycles. The molecule has 0 aliphatic rings. The molecule has 8 heteroatoms. The monoisotopic (exact) mass is 408 g/mol. The van der Waals surface area contributed by atoms with E-state index in [2.05, 4.69) is 15.4 Å². The topological polar surface area (TPSA) is 69.0 Å². The third-order valence-corrected chi connectivity index (χ3v) is 5.04. The van der Waals surface area contributed by atoms with Crippen LogP contribution in [0.15, 0.2) is 60.0 Å². The smallest absolute Gasteiger partial charge is 0.277 e. The minimum Gasteiger partial charge on any atom is -0.496 e. The molecule has 1 amide bonds. The largest absolute Gasteiger partial charge is 0.496 e. The summed E-state index contributed by atoms with van der Waals surface area (Å²) in [5.41, 5.74) is 3.04. The van der Waals surface area contributed by atoms with E-state index in [9.17, 15) is 9.18 Å². The first-order valence-electron chi connectivity index (χ1n) is 8.78. The van der Waals surface area contributed by atoms with Gasteiger partial charge < -0.3 is 4.74 Å². The Labute approximate surface area is 170 Å². The van der Waals surface area contributed by atoms with Gasteiger partial charge in [0.25, 0.3) is 5.91 Å². The molecule has 1 N–H and O–H groups in total. The van der Waals surface area contributed by atoms with Crippen LogP contribution in [0.3, 0.4) is 0 Å². The Hall–Kier alpha value is -3.52.